The molecule has 2 unspecified atom stereocenters. The zero-order chi connectivity index (χ0) is 23.6. The van der Waals surface area contributed by atoms with Gasteiger partial charge in [0.15, 0.2) is 0 Å². The van der Waals surface area contributed by atoms with Crippen molar-refractivity contribution in [1.29, 1.82) is 0 Å². The zero-order valence-electron chi connectivity index (χ0n) is 20.8. The maximum atomic E-state index is 6.08. The van der Waals surface area contributed by atoms with Gasteiger partial charge in [-0.1, -0.05) is 57.2 Å². The van der Waals surface area contributed by atoms with E-state index < -0.39 is 0 Å². The average Bonchev–Trinajstić information content (AvgIpc) is 2.83. The summed E-state index contributed by atoms with van der Waals surface area (Å²) in [5.41, 5.74) is 3.72. The summed E-state index contributed by atoms with van der Waals surface area (Å²) < 4.78 is 11.9. The number of nitrogens with zero attached hydrogens (tertiary/aromatic N) is 2. The first-order valence-electron chi connectivity index (χ1n) is 12.2. The van der Waals surface area contributed by atoms with E-state index >= 15 is 0 Å². The van der Waals surface area contributed by atoms with Crippen LogP contribution >= 0.6 is 11.8 Å². The summed E-state index contributed by atoms with van der Waals surface area (Å²) in [6, 6.07) is 18.1. The number of hydrogen-bond acceptors (Lipinski definition) is 5. The van der Waals surface area contributed by atoms with Crippen molar-refractivity contribution in [1.82, 2.24) is 4.90 Å². The minimum absolute atomic E-state index is 0.310. The summed E-state index contributed by atoms with van der Waals surface area (Å²) in [7, 11) is 0. The molecule has 4 nitrogen and oxygen atoms in total. The minimum Gasteiger partial charge on any atom is -0.494 e. The molecule has 2 aromatic rings. The van der Waals surface area contributed by atoms with Crippen LogP contribution in [-0.4, -0.2) is 56.1 Å². The van der Waals surface area contributed by atoms with Gasteiger partial charge in [0.25, 0.3) is 0 Å². The second-order valence-corrected chi connectivity index (χ2v) is 9.77. The van der Waals surface area contributed by atoms with Gasteiger partial charge in [-0.15, -0.1) is 11.8 Å². The summed E-state index contributed by atoms with van der Waals surface area (Å²) in [5.74, 6) is 1.98. The molecule has 0 fully saturated rings. The van der Waals surface area contributed by atoms with E-state index in [2.05, 4.69) is 85.7 Å². The zero-order valence-corrected chi connectivity index (χ0v) is 21.6. The Balaban J connectivity index is 1.87. The van der Waals surface area contributed by atoms with Crippen LogP contribution in [0.15, 0.2) is 65.6 Å². The van der Waals surface area contributed by atoms with E-state index in [9.17, 15) is 0 Å². The molecule has 5 heteroatoms. The molecule has 0 saturated heterocycles. The van der Waals surface area contributed by atoms with Crippen LogP contribution in [0.1, 0.15) is 45.7 Å². The highest BCUT2D eigenvalue weighted by atomic mass is 32.2. The molecular weight excluding hydrogens is 428 g/mol. The molecule has 0 saturated carbocycles. The SMILES string of the molecule is C=C(C)COCC(CN1c2ccccc2SCC1c1ccc(OCCC)cc1)N(CC)CC. The first-order valence-corrected chi connectivity index (χ1v) is 13.2. The van der Waals surface area contributed by atoms with Crippen LogP contribution in [0.3, 0.4) is 0 Å². The van der Waals surface area contributed by atoms with Crippen molar-refractivity contribution in [3.05, 3.63) is 66.2 Å². The fourth-order valence-corrected chi connectivity index (χ4v) is 5.58. The molecule has 0 radical (unpaired) electrons. The Morgan fingerprint density at radius 3 is 2.52 bits per heavy atom. The number of rotatable bonds is 13. The van der Waals surface area contributed by atoms with Crippen molar-refractivity contribution in [2.45, 2.75) is 51.1 Å². The summed E-state index contributed by atoms with van der Waals surface area (Å²) >= 11 is 1.95. The molecule has 3 rings (SSSR count). The fraction of sp³-hybridized carbons (Fsp3) is 0.500. The number of likely N-dealkylation sites (N-methyl/N-ethyl adjacent to an activating group) is 1. The average molecular weight is 469 g/mol. The predicted octanol–water partition coefficient (Wildman–Crippen LogP) is 6.43. The van der Waals surface area contributed by atoms with E-state index in [0.29, 0.717) is 25.3 Å². The van der Waals surface area contributed by atoms with Crippen LogP contribution in [0.2, 0.25) is 0 Å². The largest absolute Gasteiger partial charge is 0.494 e. The lowest BCUT2D eigenvalue weighted by molar-refractivity contribution is 0.0772. The molecule has 0 aliphatic carbocycles. The molecule has 0 spiro atoms. The molecule has 2 aromatic carbocycles. The van der Waals surface area contributed by atoms with Gasteiger partial charge >= 0.3 is 0 Å². The van der Waals surface area contributed by atoms with Gasteiger partial charge in [0.1, 0.15) is 5.75 Å². The van der Waals surface area contributed by atoms with Gasteiger partial charge in [0.05, 0.1) is 37.6 Å². The second kappa shape index (κ2) is 13.1. The smallest absolute Gasteiger partial charge is 0.119 e. The van der Waals surface area contributed by atoms with Crippen molar-refractivity contribution in [2.75, 3.05) is 50.1 Å². The lowest BCUT2D eigenvalue weighted by Gasteiger charge is -2.43. The molecule has 2 atom stereocenters. The Kier molecular flexibility index (Phi) is 10.2. The third kappa shape index (κ3) is 7.02. The van der Waals surface area contributed by atoms with Gasteiger partial charge in [-0.05, 0) is 56.3 Å². The number of thioether (sulfide) groups is 1. The molecular formula is C28H40N2O2S. The topological polar surface area (TPSA) is 24.9 Å². The van der Waals surface area contributed by atoms with Crippen molar-refractivity contribution in [3.63, 3.8) is 0 Å². The lowest BCUT2D eigenvalue weighted by Crippen LogP contribution is -2.49. The molecule has 33 heavy (non-hydrogen) atoms. The quantitative estimate of drug-likeness (QED) is 0.315. The van der Waals surface area contributed by atoms with Crippen molar-refractivity contribution in [3.8, 4) is 5.75 Å². The lowest BCUT2D eigenvalue weighted by atomic mass is 10.0. The monoisotopic (exact) mass is 468 g/mol. The van der Waals surface area contributed by atoms with Gasteiger partial charge in [0, 0.05) is 17.2 Å². The van der Waals surface area contributed by atoms with Gasteiger partial charge in [-0.3, -0.25) is 4.90 Å². The van der Waals surface area contributed by atoms with Gasteiger partial charge in [0.2, 0.25) is 0 Å². The van der Waals surface area contributed by atoms with Crippen LogP contribution in [0, 0.1) is 0 Å². The van der Waals surface area contributed by atoms with Crippen LogP contribution in [-0.2, 0) is 4.74 Å². The highest BCUT2D eigenvalue weighted by Crippen LogP contribution is 2.43. The summed E-state index contributed by atoms with van der Waals surface area (Å²) in [6.07, 6.45) is 1.02. The minimum atomic E-state index is 0.310. The Morgan fingerprint density at radius 1 is 1.12 bits per heavy atom. The Bertz CT molecular complexity index is 866. The van der Waals surface area contributed by atoms with Crippen molar-refractivity contribution >= 4 is 17.4 Å². The number of anilines is 1. The number of benzene rings is 2. The molecule has 1 aliphatic rings. The predicted molar refractivity (Wildman–Crippen MR) is 142 cm³/mol. The van der Waals surface area contributed by atoms with Crippen molar-refractivity contribution < 1.29 is 9.47 Å². The first kappa shape index (κ1) is 25.7. The third-order valence-corrected chi connectivity index (χ3v) is 7.22. The normalized spacial score (nSPS) is 16.5. The van der Waals surface area contributed by atoms with Crippen molar-refractivity contribution in [2.24, 2.45) is 0 Å². The molecule has 0 N–H and O–H groups in total. The summed E-state index contributed by atoms with van der Waals surface area (Å²) in [5, 5.41) is 0. The number of hydrogen-bond donors (Lipinski definition) is 0. The van der Waals surface area contributed by atoms with E-state index in [1.54, 1.807) is 0 Å². The molecule has 180 valence electrons. The highest BCUT2D eigenvalue weighted by molar-refractivity contribution is 7.99. The summed E-state index contributed by atoms with van der Waals surface area (Å²) in [4.78, 5) is 6.47. The van der Waals surface area contributed by atoms with Gasteiger partial charge in [-0.25, -0.2) is 0 Å². The van der Waals surface area contributed by atoms with Gasteiger partial charge < -0.3 is 14.4 Å². The van der Waals surface area contributed by atoms with E-state index in [1.165, 1.54) is 16.1 Å². The maximum Gasteiger partial charge on any atom is 0.119 e. The van der Waals surface area contributed by atoms with E-state index in [0.717, 1.165) is 49.7 Å². The Labute approximate surface area is 205 Å². The van der Waals surface area contributed by atoms with Crippen LogP contribution < -0.4 is 9.64 Å². The Morgan fingerprint density at radius 2 is 1.85 bits per heavy atom. The van der Waals surface area contributed by atoms with Crippen LogP contribution in [0.5, 0.6) is 5.75 Å². The van der Waals surface area contributed by atoms with E-state index in [4.69, 9.17) is 9.47 Å². The molecule has 1 heterocycles. The van der Waals surface area contributed by atoms with Gasteiger partial charge in [-0.2, -0.15) is 0 Å². The number of ether oxygens (including phenoxy) is 2. The molecule has 0 bridgehead atoms. The first-order chi connectivity index (χ1) is 16.1. The molecule has 0 amide bonds. The van der Waals surface area contributed by atoms with E-state index in [1.807, 2.05) is 18.7 Å². The maximum absolute atomic E-state index is 6.08. The fourth-order valence-electron chi connectivity index (χ4n) is 4.36. The van der Waals surface area contributed by atoms with Crippen LogP contribution in [0.4, 0.5) is 5.69 Å². The number of para-hydroxylation sites is 1. The second-order valence-electron chi connectivity index (χ2n) is 8.71. The molecule has 0 aromatic heterocycles. The standard InChI is InChI=1S/C28H40N2O2S/c1-6-17-32-25-15-13-23(14-16-25)27-21-33-28-12-10-9-11-26(28)30(27)18-24(29(7-2)8-3)20-31-19-22(4)5/h9-16,24,27H,4,6-8,17-21H2,1-3,5H3. The molecule has 1 aliphatic heterocycles. The summed E-state index contributed by atoms with van der Waals surface area (Å²) in [6.45, 7) is 17.7. The Hall–Kier alpha value is -1.95. The van der Waals surface area contributed by atoms with Crippen LogP contribution in [0.25, 0.3) is 0 Å². The highest BCUT2D eigenvalue weighted by Gasteiger charge is 2.31. The third-order valence-electron chi connectivity index (χ3n) is 6.08. The van der Waals surface area contributed by atoms with E-state index in [-0.39, 0.29) is 0 Å². The number of fused-ring (bicyclic) bond motifs is 1.